The molecule has 0 saturated heterocycles. The monoisotopic (exact) mass is 293 g/mol. The highest BCUT2D eigenvalue weighted by molar-refractivity contribution is 5.82. The van der Waals surface area contributed by atoms with E-state index in [1.165, 1.54) is 44.9 Å². The Morgan fingerprint density at radius 3 is 2.43 bits per heavy atom. The molecule has 2 nitrogen and oxygen atoms in total. The fraction of sp³-hybridized carbons (Fsp3) is 0.947. The van der Waals surface area contributed by atoms with Gasteiger partial charge in [-0.2, -0.15) is 0 Å². The molecule has 0 spiro atoms. The van der Waals surface area contributed by atoms with E-state index in [2.05, 4.69) is 26.1 Å². The van der Waals surface area contributed by atoms with Crippen molar-refractivity contribution >= 4 is 5.78 Å². The van der Waals surface area contributed by atoms with E-state index in [0.717, 1.165) is 18.8 Å². The zero-order valence-corrected chi connectivity index (χ0v) is 14.6. The zero-order chi connectivity index (χ0) is 15.5. The van der Waals surface area contributed by atoms with Crippen LogP contribution in [0.2, 0.25) is 0 Å². The van der Waals surface area contributed by atoms with Crippen LogP contribution in [-0.4, -0.2) is 18.9 Å². The van der Waals surface area contributed by atoms with Gasteiger partial charge in [0.25, 0.3) is 0 Å². The molecule has 0 radical (unpaired) electrons. The van der Waals surface area contributed by atoms with E-state index in [4.69, 9.17) is 0 Å². The second kappa shape index (κ2) is 7.26. The molecule has 2 saturated carbocycles. The molecule has 122 valence electrons. The summed E-state index contributed by atoms with van der Waals surface area (Å²) in [5.41, 5.74) is 0.486. The average molecular weight is 293 g/mol. The molecule has 2 heteroatoms. The van der Waals surface area contributed by atoms with Crippen LogP contribution < -0.4 is 5.32 Å². The molecule has 0 heterocycles. The first kappa shape index (κ1) is 17.0. The fourth-order valence-electron chi connectivity index (χ4n) is 4.43. The summed E-state index contributed by atoms with van der Waals surface area (Å²) in [6.45, 7) is 7.05. The lowest BCUT2D eigenvalue weighted by Gasteiger charge is -2.40. The summed E-state index contributed by atoms with van der Waals surface area (Å²) in [6, 6.07) is 0.446. The van der Waals surface area contributed by atoms with E-state index in [-0.39, 0.29) is 0 Å². The van der Waals surface area contributed by atoms with Gasteiger partial charge < -0.3 is 5.32 Å². The maximum Gasteiger partial charge on any atom is 0.137 e. The maximum atomic E-state index is 12.6. The van der Waals surface area contributed by atoms with E-state index in [1.54, 1.807) is 0 Å². The first-order chi connectivity index (χ1) is 9.95. The van der Waals surface area contributed by atoms with Gasteiger partial charge in [-0.1, -0.05) is 40.0 Å². The van der Waals surface area contributed by atoms with Crippen LogP contribution in [-0.2, 0) is 4.79 Å². The fourth-order valence-corrected chi connectivity index (χ4v) is 4.43. The van der Waals surface area contributed by atoms with Gasteiger partial charge in [0, 0.05) is 18.4 Å². The highest BCUT2D eigenvalue weighted by Gasteiger charge is 2.37. The Bertz CT molecular complexity index is 343. The van der Waals surface area contributed by atoms with E-state index in [9.17, 15) is 4.79 Å². The summed E-state index contributed by atoms with van der Waals surface area (Å²) in [6.07, 6.45) is 10.9. The Kier molecular flexibility index (Phi) is 5.88. The minimum absolute atomic E-state index is 0.301. The summed E-state index contributed by atoms with van der Waals surface area (Å²) in [4.78, 5) is 12.6. The van der Waals surface area contributed by atoms with Gasteiger partial charge in [0.15, 0.2) is 0 Å². The van der Waals surface area contributed by atoms with E-state index in [1.807, 2.05) is 7.05 Å². The summed E-state index contributed by atoms with van der Waals surface area (Å²) < 4.78 is 0. The molecule has 2 aliphatic rings. The van der Waals surface area contributed by atoms with Gasteiger partial charge >= 0.3 is 0 Å². The summed E-state index contributed by atoms with van der Waals surface area (Å²) in [7, 11) is 2.02. The van der Waals surface area contributed by atoms with E-state index < -0.39 is 0 Å². The molecular weight excluding hydrogens is 258 g/mol. The molecule has 0 aromatic carbocycles. The largest absolute Gasteiger partial charge is 0.316 e. The highest BCUT2D eigenvalue weighted by Crippen LogP contribution is 2.44. The van der Waals surface area contributed by atoms with Gasteiger partial charge in [-0.25, -0.2) is 0 Å². The van der Waals surface area contributed by atoms with Gasteiger partial charge in [-0.3, -0.25) is 4.79 Å². The molecule has 2 fully saturated rings. The summed E-state index contributed by atoms with van der Waals surface area (Å²) in [5, 5.41) is 3.37. The lowest BCUT2D eigenvalue weighted by molar-refractivity contribution is -0.126. The average Bonchev–Trinajstić information content (AvgIpc) is 2.44. The molecule has 1 N–H and O–H groups in total. The maximum absolute atomic E-state index is 12.6. The molecule has 21 heavy (non-hydrogen) atoms. The number of rotatable bonds is 7. The molecule has 0 aromatic rings. The Balaban J connectivity index is 1.73. The number of hydrogen-bond acceptors (Lipinski definition) is 2. The third-order valence-electron chi connectivity index (χ3n) is 6.17. The molecule has 2 aliphatic carbocycles. The minimum Gasteiger partial charge on any atom is -0.316 e. The van der Waals surface area contributed by atoms with E-state index in [0.29, 0.717) is 29.1 Å². The number of Topliss-reactive ketones (excluding diaryl/α,β-unsaturated/α-hetero) is 1. The van der Waals surface area contributed by atoms with Crippen LogP contribution >= 0.6 is 0 Å². The lowest BCUT2D eigenvalue weighted by Crippen LogP contribution is -2.41. The van der Waals surface area contributed by atoms with Crippen molar-refractivity contribution in [3.8, 4) is 0 Å². The highest BCUT2D eigenvalue weighted by atomic mass is 16.1. The number of carbonyl (C=O) groups excluding carboxylic acids is 1. The minimum atomic E-state index is 0.301. The predicted octanol–water partition coefficient (Wildman–Crippen LogP) is 4.58. The van der Waals surface area contributed by atoms with Crippen molar-refractivity contribution in [3.63, 3.8) is 0 Å². The van der Waals surface area contributed by atoms with E-state index >= 15 is 0 Å². The predicted molar refractivity (Wildman–Crippen MR) is 89.3 cm³/mol. The van der Waals surface area contributed by atoms with Crippen molar-refractivity contribution in [3.05, 3.63) is 0 Å². The molecule has 2 rings (SSSR count). The Labute approximate surface area is 131 Å². The Morgan fingerprint density at radius 2 is 1.81 bits per heavy atom. The van der Waals surface area contributed by atoms with Gasteiger partial charge in [0.05, 0.1) is 0 Å². The Morgan fingerprint density at radius 1 is 1.14 bits per heavy atom. The van der Waals surface area contributed by atoms with Crippen molar-refractivity contribution in [2.45, 2.75) is 84.6 Å². The zero-order valence-electron chi connectivity index (χ0n) is 14.6. The number of nitrogens with one attached hydrogen (secondary N) is 1. The SMILES string of the molecule is CCC(C)(C)CC1CC(CC(=O)[C@H]2CCCC[C@H]2NC)C1. The number of carbonyl (C=O) groups is 1. The van der Waals surface area contributed by atoms with Crippen LogP contribution in [0.3, 0.4) is 0 Å². The molecule has 0 unspecified atom stereocenters. The molecule has 0 aromatic heterocycles. The quantitative estimate of drug-likeness (QED) is 0.744. The first-order valence-electron chi connectivity index (χ1n) is 9.15. The number of ketones is 1. The van der Waals surface area contributed by atoms with Crippen molar-refractivity contribution in [2.75, 3.05) is 7.05 Å². The van der Waals surface area contributed by atoms with Crippen LogP contribution in [0.5, 0.6) is 0 Å². The first-order valence-corrected chi connectivity index (χ1v) is 9.15. The number of hydrogen-bond donors (Lipinski definition) is 1. The molecular formula is C19H35NO. The molecule has 0 bridgehead atoms. The van der Waals surface area contributed by atoms with Crippen LogP contribution in [0.15, 0.2) is 0 Å². The summed E-state index contributed by atoms with van der Waals surface area (Å²) >= 11 is 0. The molecule has 2 atom stereocenters. The van der Waals surface area contributed by atoms with Crippen molar-refractivity contribution in [1.29, 1.82) is 0 Å². The van der Waals surface area contributed by atoms with Crippen molar-refractivity contribution in [2.24, 2.45) is 23.2 Å². The third-order valence-corrected chi connectivity index (χ3v) is 6.17. The van der Waals surface area contributed by atoms with Gasteiger partial charge in [0.1, 0.15) is 5.78 Å². The van der Waals surface area contributed by atoms with Crippen LogP contribution in [0, 0.1) is 23.2 Å². The van der Waals surface area contributed by atoms with Crippen LogP contribution in [0.4, 0.5) is 0 Å². The van der Waals surface area contributed by atoms with Gasteiger partial charge in [-0.05, 0) is 56.4 Å². The van der Waals surface area contributed by atoms with Crippen LogP contribution in [0.25, 0.3) is 0 Å². The van der Waals surface area contributed by atoms with Gasteiger partial charge in [0.2, 0.25) is 0 Å². The standard InChI is InChI=1S/C19H35NO/c1-5-19(2,3)13-15-10-14(11-15)12-18(21)16-8-6-7-9-17(16)20-4/h14-17,20H,5-13H2,1-4H3/t14?,15?,16-,17+/m0/s1. The molecule has 0 amide bonds. The second-order valence-electron chi connectivity index (χ2n) is 8.38. The van der Waals surface area contributed by atoms with Crippen molar-refractivity contribution in [1.82, 2.24) is 5.32 Å². The Hall–Kier alpha value is -0.370. The van der Waals surface area contributed by atoms with Gasteiger partial charge in [-0.15, -0.1) is 0 Å². The van der Waals surface area contributed by atoms with Crippen molar-refractivity contribution < 1.29 is 4.79 Å². The summed E-state index contributed by atoms with van der Waals surface area (Å²) in [5.74, 6) is 2.42. The van der Waals surface area contributed by atoms with Crippen LogP contribution in [0.1, 0.15) is 78.6 Å². The third kappa shape index (κ3) is 4.55. The normalized spacial score (nSPS) is 33.5. The second-order valence-corrected chi connectivity index (χ2v) is 8.38. The smallest absolute Gasteiger partial charge is 0.137 e. The topological polar surface area (TPSA) is 29.1 Å². The molecule has 0 aliphatic heterocycles. The lowest BCUT2D eigenvalue weighted by atomic mass is 9.65.